The molecule has 100 valence electrons. The predicted molar refractivity (Wildman–Crippen MR) is 73.5 cm³/mol. The van der Waals surface area contributed by atoms with Gasteiger partial charge in [0.05, 0.1) is 0 Å². The second-order valence-electron chi connectivity index (χ2n) is 5.14. The van der Waals surface area contributed by atoms with Crippen LogP contribution >= 0.6 is 11.3 Å². The molecule has 18 heavy (non-hydrogen) atoms. The Morgan fingerprint density at radius 2 is 2.17 bits per heavy atom. The highest BCUT2D eigenvalue weighted by Crippen LogP contribution is 2.41. The number of rotatable bonds is 5. The molecule has 2 rings (SSSR count). The van der Waals surface area contributed by atoms with Crippen molar-refractivity contribution in [3.05, 3.63) is 10.6 Å². The molecule has 4 nitrogen and oxygen atoms in total. The zero-order valence-corrected chi connectivity index (χ0v) is 11.8. The van der Waals surface area contributed by atoms with Crippen LogP contribution in [0.1, 0.15) is 54.4 Å². The van der Waals surface area contributed by atoms with E-state index in [1.54, 1.807) is 6.92 Å². The monoisotopic (exact) mass is 268 g/mol. The van der Waals surface area contributed by atoms with Crippen LogP contribution in [0.3, 0.4) is 0 Å². The minimum Gasteiger partial charge on any atom is -0.476 e. The standard InChI is InChI=1S/C13H20N2O2S/c1-3-13(6-4-5-7-13)8-14-12-15-10(11(16)17)9(2)18-12/h3-8H2,1-2H3,(H,14,15)(H,16,17). The maximum absolute atomic E-state index is 10.9. The van der Waals surface area contributed by atoms with Crippen LogP contribution in [-0.2, 0) is 0 Å². The summed E-state index contributed by atoms with van der Waals surface area (Å²) < 4.78 is 0. The number of nitrogens with zero attached hydrogens (tertiary/aromatic N) is 1. The van der Waals surface area contributed by atoms with Crippen LogP contribution in [-0.4, -0.2) is 22.6 Å². The Labute approximate surface area is 111 Å². The maximum Gasteiger partial charge on any atom is 0.355 e. The lowest BCUT2D eigenvalue weighted by Gasteiger charge is -2.27. The fraction of sp³-hybridized carbons (Fsp3) is 0.692. The van der Waals surface area contributed by atoms with E-state index in [1.165, 1.54) is 43.4 Å². The number of hydrogen-bond donors (Lipinski definition) is 2. The van der Waals surface area contributed by atoms with Crippen LogP contribution < -0.4 is 5.32 Å². The summed E-state index contributed by atoms with van der Waals surface area (Å²) in [6, 6.07) is 0. The SMILES string of the molecule is CCC1(CNc2nc(C(=O)O)c(C)s2)CCCC1. The summed E-state index contributed by atoms with van der Waals surface area (Å²) in [4.78, 5) is 15.8. The summed E-state index contributed by atoms with van der Waals surface area (Å²) >= 11 is 1.43. The van der Waals surface area contributed by atoms with Gasteiger partial charge >= 0.3 is 5.97 Å². The Morgan fingerprint density at radius 1 is 1.50 bits per heavy atom. The Kier molecular flexibility index (Phi) is 3.90. The van der Waals surface area contributed by atoms with Crippen LogP contribution in [0, 0.1) is 12.3 Å². The van der Waals surface area contributed by atoms with E-state index in [0.717, 1.165) is 16.6 Å². The zero-order valence-electron chi connectivity index (χ0n) is 11.0. The van der Waals surface area contributed by atoms with Crippen molar-refractivity contribution in [1.82, 2.24) is 4.98 Å². The minimum atomic E-state index is -0.942. The smallest absolute Gasteiger partial charge is 0.355 e. The number of carbonyl (C=O) groups is 1. The van der Waals surface area contributed by atoms with E-state index in [-0.39, 0.29) is 5.69 Å². The normalized spacial score (nSPS) is 17.9. The van der Waals surface area contributed by atoms with Crippen LogP contribution in [0.25, 0.3) is 0 Å². The third-order valence-corrected chi connectivity index (χ3v) is 4.96. The molecule has 5 heteroatoms. The van der Waals surface area contributed by atoms with Crippen molar-refractivity contribution in [2.75, 3.05) is 11.9 Å². The number of aromatic nitrogens is 1. The number of thiazole rings is 1. The number of anilines is 1. The van der Waals surface area contributed by atoms with E-state index in [1.807, 2.05) is 0 Å². The van der Waals surface area contributed by atoms with E-state index in [2.05, 4.69) is 17.2 Å². The summed E-state index contributed by atoms with van der Waals surface area (Å²) in [5, 5.41) is 13.1. The van der Waals surface area contributed by atoms with Gasteiger partial charge in [-0.3, -0.25) is 0 Å². The van der Waals surface area contributed by atoms with E-state index >= 15 is 0 Å². The average Bonchev–Trinajstić information content (AvgIpc) is 2.94. The fourth-order valence-corrected chi connectivity index (χ4v) is 3.51. The lowest BCUT2D eigenvalue weighted by atomic mass is 9.83. The lowest BCUT2D eigenvalue weighted by molar-refractivity contribution is 0.0690. The fourth-order valence-electron chi connectivity index (χ4n) is 2.71. The molecule has 0 spiro atoms. The summed E-state index contributed by atoms with van der Waals surface area (Å²) in [6.07, 6.45) is 6.34. The van der Waals surface area contributed by atoms with E-state index in [4.69, 9.17) is 5.11 Å². The number of nitrogens with one attached hydrogen (secondary N) is 1. The zero-order chi connectivity index (χ0) is 13.2. The van der Waals surface area contributed by atoms with E-state index in [0.29, 0.717) is 5.41 Å². The second-order valence-corrected chi connectivity index (χ2v) is 6.35. The molecule has 0 aliphatic heterocycles. The van der Waals surface area contributed by atoms with Crippen molar-refractivity contribution in [3.63, 3.8) is 0 Å². The minimum absolute atomic E-state index is 0.180. The number of aryl methyl sites for hydroxylation is 1. The predicted octanol–water partition coefficient (Wildman–Crippen LogP) is 3.53. The van der Waals surface area contributed by atoms with Crippen LogP contribution in [0.15, 0.2) is 0 Å². The van der Waals surface area contributed by atoms with Gasteiger partial charge in [0.25, 0.3) is 0 Å². The number of carboxylic acids is 1. The number of carboxylic acid groups (broad SMARTS) is 1. The molecule has 1 aliphatic rings. The van der Waals surface area contributed by atoms with Crippen molar-refractivity contribution < 1.29 is 9.90 Å². The first-order valence-electron chi connectivity index (χ1n) is 6.51. The Morgan fingerprint density at radius 3 is 2.67 bits per heavy atom. The largest absolute Gasteiger partial charge is 0.476 e. The van der Waals surface area contributed by atoms with Gasteiger partial charge in [-0.2, -0.15) is 0 Å². The number of hydrogen-bond acceptors (Lipinski definition) is 4. The third-order valence-electron chi connectivity index (χ3n) is 4.03. The molecule has 0 amide bonds. The lowest BCUT2D eigenvalue weighted by Crippen LogP contribution is -2.25. The summed E-state index contributed by atoms with van der Waals surface area (Å²) in [5.74, 6) is -0.942. The van der Waals surface area contributed by atoms with Crippen molar-refractivity contribution in [3.8, 4) is 0 Å². The van der Waals surface area contributed by atoms with Gasteiger partial charge in [0.15, 0.2) is 10.8 Å². The Balaban J connectivity index is 2.01. The highest BCUT2D eigenvalue weighted by Gasteiger charge is 2.32. The van der Waals surface area contributed by atoms with Crippen molar-refractivity contribution in [2.45, 2.75) is 46.0 Å². The Hall–Kier alpha value is -1.10. The molecular formula is C13H20N2O2S. The number of aromatic carboxylic acids is 1. The maximum atomic E-state index is 10.9. The topological polar surface area (TPSA) is 62.2 Å². The second kappa shape index (κ2) is 5.26. The highest BCUT2D eigenvalue weighted by molar-refractivity contribution is 7.15. The molecule has 1 aromatic rings. The quantitative estimate of drug-likeness (QED) is 0.857. The average molecular weight is 268 g/mol. The molecule has 0 atom stereocenters. The first-order valence-corrected chi connectivity index (χ1v) is 7.32. The Bertz CT molecular complexity index is 436. The van der Waals surface area contributed by atoms with Gasteiger partial charge < -0.3 is 10.4 Å². The third kappa shape index (κ3) is 2.66. The van der Waals surface area contributed by atoms with Crippen LogP contribution in [0.5, 0.6) is 0 Å². The summed E-state index contributed by atoms with van der Waals surface area (Å²) in [6.45, 7) is 4.95. The summed E-state index contributed by atoms with van der Waals surface area (Å²) in [7, 11) is 0. The van der Waals surface area contributed by atoms with Gasteiger partial charge in [-0.05, 0) is 31.6 Å². The molecule has 0 aromatic carbocycles. The van der Waals surface area contributed by atoms with Crippen LogP contribution in [0.2, 0.25) is 0 Å². The molecule has 0 saturated heterocycles. The van der Waals surface area contributed by atoms with Gasteiger partial charge in [-0.15, -0.1) is 11.3 Å². The van der Waals surface area contributed by atoms with E-state index in [9.17, 15) is 4.79 Å². The molecule has 0 unspecified atom stereocenters. The van der Waals surface area contributed by atoms with Gasteiger partial charge in [-0.25, -0.2) is 9.78 Å². The molecule has 1 fully saturated rings. The molecule has 1 aromatic heterocycles. The van der Waals surface area contributed by atoms with Gasteiger partial charge in [0.1, 0.15) is 0 Å². The van der Waals surface area contributed by atoms with E-state index < -0.39 is 5.97 Å². The molecule has 2 N–H and O–H groups in total. The van der Waals surface area contributed by atoms with Gasteiger partial charge in [0.2, 0.25) is 0 Å². The van der Waals surface area contributed by atoms with Crippen LogP contribution in [0.4, 0.5) is 5.13 Å². The first-order chi connectivity index (χ1) is 8.56. The summed E-state index contributed by atoms with van der Waals surface area (Å²) in [5.41, 5.74) is 0.572. The van der Waals surface area contributed by atoms with Crippen molar-refractivity contribution in [2.24, 2.45) is 5.41 Å². The van der Waals surface area contributed by atoms with Gasteiger partial charge in [0, 0.05) is 11.4 Å². The molecular weight excluding hydrogens is 248 g/mol. The molecule has 1 saturated carbocycles. The molecule has 1 aliphatic carbocycles. The molecule has 1 heterocycles. The van der Waals surface area contributed by atoms with Crippen molar-refractivity contribution >= 4 is 22.4 Å². The first kappa shape index (κ1) is 13.3. The molecule has 0 radical (unpaired) electrons. The molecule has 0 bridgehead atoms. The van der Waals surface area contributed by atoms with Crippen molar-refractivity contribution in [1.29, 1.82) is 0 Å². The van der Waals surface area contributed by atoms with Gasteiger partial charge in [-0.1, -0.05) is 19.8 Å². The highest BCUT2D eigenvalue weighted by atomic mass is 32.1.